The van der Waals surface area contributed by atoms with Crippen molar-refractivity contribution in [2.45, 2.75) is 65.0 Å². The number of fused-ring (bicyclic) bond motifs is 2. The van der Waals surface area contributed by atoms with E-state index in [2.05, 4.69) is 64.0 Å². The molecule has 50 heavy (non-hydrogen) atoms. The fourth-order valence-corrected chi connectivity index (χ4v) is 8.95. The van der Waals surface area contributed by atoms with Crippen LogP contribution in [0.4, 0.5) is 21.2 Å². The Morgan fingerprint density at radius 3 is 2.72 bits per heavy atom. The minimum Gasteiger partial charge on any atom is -0.491 e. The molecule has 0 fully saturated rings. The van der Waals surface area contributed by atoms with Gasteiger partial charge in [-0.05, 0) is 91.6 Å². The van der Waals surface area contributed by atoms with E-state index in [4.69, 9.17) is 29.3 Å². The van der Waals surface area contributed by atoms with Crippen LogP contribution in [0.1, 0.15) is 39.3 Å². The lowest BCUT2D eigenvalue weighted by atomic mass is 10.0. The average Bonchev–Trinajstić information content (AvgIpc) is 3.67. The summed E-state index contributed by atoms with van der Waals surface area (Å²) in [5.74, 6) is 0.616. The molecule has 264 valence electrons. The zero-order valence-corrected chi connectivity index (χ0v) is 33.6. The van der Waals surface area contributed by atoms with Gasteiger partial charge in [0.25, 0.3) is 0 Å². The maximum absolute atomic E-state index is 14.2. The van der Waals surface area contributed by atoms with Crippen molar-refractivity contribution in [1.29, 1.82) is 0 Å². The Hall–Kier alpha value is -3.25. The maximum Gasteiger partial charge on any atom is 0.357 e. The van der Waals surface area contributed by atoms with Gasteiger partial charge >= 0.3 is 5.97 Å². The van der Waals surface area contributed by atoms with Crippen molar-refractivity contribution >= 4 is 86.3 Å². The molecule has 4 heterocycles. The zero-order chi connectivity index (χ0) is 35.4. The Balaban J connectivity index is 1.25. The van der Waals surface area contributed by atoms with Gasteiger partial charge < -0.3 is 19.1 Å². The van der Waals surface area contributed by atoms with E-state index in [-0.39, 0.29) is 11.4 Å². The molecule has 15 heteroatoms. The van der Waals surface area contributed by atoms with Gasteiger partial charge in [0.05, 0.1) is 23.9 Å². The Bertz CT molecular complexity index is 2080. The third kappa shape index (κ3) is 8.44. The molecule has 0 spiro atoms. The van der Waals surface area contributed by atoms with Crippen LogP contribution in [0.25, 0.3) is 10.2 Å². The summed E-state index contributed by atoms with van der Waals surface area (Å²) in [6.07, 6.45) is 2.80. The van der Waals surface area contributed by atoms with Crippen molar-refractivity contribution < 1.29 is 23.4 Å². The molecule has 1 aliphatic heterocycles. The molecule has 5 aromatic rings. The van der Waals surface area contributed by atoms with Crippen LogP contribution in [0.3, 0.4) is 0 Å². The molecule has 3 aromatic heterocycles. The van der Waals surface area contributed by atoms with Gasteiger partial charge in [0, 0.05) is 40.8 Å². The summed E-state index contributed by atoms with van der Waals surface area (Å²) in [6, 6.07) is 14.2. The number of esters is 1. The number of aryl methyl sites for hydroxylation is 1. The molecule has 10 nitrogen and oxygen atoms in total. The molecule has 0 saturated heterocycles. The van der Waals surface area contributed by atoms with Gasteiger partial charge in [0.15, 0.2) is 38.8 Å². The van der Waals surface area contributed by atoms with Crippen LogP contribution >= 0.6 is 45.3 Å². The number of aromatic nitrogens is 4. The number of hydrogen-bond acceptors (Lipinski definition) is 11. The average molecular weight is 847 g/mol. The van der Waals surface area contributed by atoms with E-state index in [0.717, 1.165) is 65.9 Å². The lowest BCUT2D eigenvalue weighted by molar-refractivity contribution is 0.0593. The quantitative estimate of drug-likeness (QED) is 0.0504. The van der Waals surface area contributed by atoms with E-state index in [0.29, 0.717) is 43.7 Å². The molecule has 0 aliphatic carbocycles. The number of thiazole rings is 2. The molecule has 0 N–H and O–H groups in total. The van der Waals surface area contributed by atoms with Crippen LogP contribution in [0, 0.1) is 16.3 Å². The molecule has 0 saturated carbocycles. The molecule has 2 aromatic carbocycles. The fraction of sp³-hybridized carbons (Fsp3) is 0.400. The van der Waals surface area contributed by atoms with E-state index in [1.54, 1.807) is 23.5 Å². The topological polar surface area (TPSA) is 104 Å². The number of hydrogen-bond donors (Lipinski definition) is 0. The van der Waals surface area contributed by atoms with Crippen LogP contribution in [-0.4, -0.2) is 60.7 Å². The first-order valence-corrected chi connectivity index (χ1v) is 22.9. The van der Waals surface area contributed by atoms with Crippen molar-refractivity contribution in [3.63, 3.8) is 0 Å². The van der Waals surface area contributed by atoms with Gasteiger partial charge in [0.2, 0.25) is 0 Å². The highest BCUT2D eigenvalue weighted by atomic mass is 127. The molecule has 1 aliphatic rings. The van der Waals surface area contributed by atoms with Gasteiger partial charge in [-0.2, -0.15) is 4.99 Å². The van der Waals surface area contributed by atoms with Crippen LogP contribution in [-0.2, 0) is 29.0 Å². The first-order valence-electron chi connectivity index (χ1n) is 16.5. The molecular formula is C35H40FIN6O4S2Si. The molecule has 6 rings (SSSR count). The lowest BCUT2D eigenvalue weighted by Crippen LogP contribution is -2.27. The number of para-hydroxylation sites is 1. The monoisotopic (exact) mass is 846 g/mol. The zero-order valence-electron chi connectivity index (χ0n) is 28.8. The summed E-state index contributed by atoms with van der Waals surface area (Å²) in [6.45, 7) is 11.2. The van der Waals surface area contributed by atoms with E-state index in [9.17, 15) is 9.18 Å². The van der Waals surface area contributed by atoms with Gasteiger partial charge in [-0.25, -0.2) is 14.2 Å². The molecule has 0 bridgehead atoms. The van der Waals surface area contributed by atoms with E-state index in [1.807, 2.05) is 24.0 Å². The largest absolute Gasteiger partial charge is 0.491 e. The first kappa shape index (κ1) is 36.5. The summed E-state index contributed by atoms with van der Waals surface area (Å²) in [7, 11) is 0.138. The van der Waals surface area contributed by atoms with E-state index < -0.39 is 19.9 Å². The molecule has 0 atom stereocenters. The second kappa shape index (κ2) is 16.0. The van der Waals surface area contributed by atoms with Crippen LogP contribution < -0.4 is 14.4 Å². The molecule has 0 amide bonds. The third-order valence-electron chi connectivity index (χ3n) is 8.36. The number of methoxy groups -OCH3 is 1. The summed E-state index contributed by atoms with van der Waals surface area (Å²) in [5, 5.41) is 9.97. The highest BCUT2D eigenvalue weighted by Crippen LogP contribution is 2.39. The summed E-state index contributed by atoms with van der Waals surface area (Å²) in [4.78, 5) is 26.2. The Morgan fingerprint density at radius 2 is 1.94 bits per heavy atom. The smallest absolute Gasteiger partial charge is 0.357 e. The highest BCUT2D eigenvalue weighted by Gasteiger charge is 2.28. The standard InChI is InChI=1S/C35H40FIN6O4S2Si/c1-22-24-10-8-16-42(34-38-30(33(44)45-2)29(49-34)13-9-17-47-27-15-14-23(37)20-25(27)36)32(24)41-40-31(22)39-35-43(21-46-18-19-50(3,4)5)26-11-6-7-12-28(26)48-35/h6-7,11-12,14-15,20H,8-10,13,16-19,21H2,1-5H3. The number of ether oxygens (including phenoxy) is 3. The van der Waals surface area contributed by atoms with Gasteiger partial charge in [-0.1, -0.05) is 43.1 Å². The number of anilines is 2. The number of carbonyl (C=O) groups excluding carboxylic acids is 1. The molecule has 0 unspecified atom stereocenters. The van der Waals surface area contributed by atoms with Crippen LogP contribution in [0.2, 0.25) is 25.7 Å². The van der Waals surface area contributed by atoms with Crippen molar-refractivity contribution in [2.24, 2.45) is 4.99 Å². The first-order chi connectivity index (χ1) is 24.0. The summed E-state index contributed by atoms with van der Waals surface area (Å²) < 4.78 is 35.2. The lowest BCUT2D eigenvalue weighted by Gasteiger charge is -2.28. The van der Waals surface area contributed by atoms with E-state index in [1.165, 1.54) is 24.5 Å². The minimum absolute atomic E-state index is 0.210. The molecular weight excluding hydrogens is 807 g/mol. The van der Waals surface area contributed by atoms with Gasteiger partial charge in [-0.15, -0.1) is 21.5 Å². The number of halogens is 2. The van der Waals surface area contributed by atoms with Crippen molar-refractivity contribution in [3.8, 4) is 5.75 Å². The second-order valence-electron chi connectivity index (χ2n) is 13.2. The Labute approximate surface area is 313 Å². The van der Waals surface area contributed by atoms with Gasteiger partial charge in [-0.3, -0.25) is 4.57 Å². The second-order valence-corrected chi connectivity index (χ2v) is 22.2. The summed E-state index contributed by atoms with van der Waals surface area (Å²) >= 11 is 5.10. The van der Waals surface area contributed by atoms with Crippen molar-refractivity contribution in [3.05, 3.63) is 78.4 Å². The number of carbonyl (C=O) groups is 1. The number of benzene rings is 2. The normalized spacial score (nSPS) is 13.6. The SMILES string of the molecule is COC(=O)c1nc(N2CCCc3c2nnc(N=c2sc4ccccc4n2COCC[Si](C)(C)C)c3C)sc1CCCOc1ccc(I)cc1F. The van der Waals surface area contributed by atoms with Crippen molar-refractivity contribution in [1.82, 2.24) is 19.7 Å². The Kier molecular flexibility index (Phi) is 11.7. The van der Waals surface area contributed by atoms with Crippen molar-refractivity contribution in [2.75, 3.05) is 31.8 Å². The maximum atomic E-state index is 14.2. The number of nitrogens with zero attached hydrogens (tertiary/aromatic N) is 6. The molecule has 0 radical (unpaired) electrons. The fourth-order valence-electron chi connectivity index (χ4n) is 5.60. The van der Waals surface area contributed by atoms with Crippen LogP contribution in [0.15, 0.2) is 47.5 Å². The summed E-state index contributed by atoms with van der Waals surface area (Å²) in [5.41, 5.74) is 3.38. The highest BCUT2D eigenvalue weighted by molar-refractivity contribution is 14.1. The van der Waals surface area contributed by atoms with Crippen LogP contribution in [0.5, 0.6) is 5.75 Å². The minimum atomic E-state index is -1.21. The van der Waals surface area contributed by atoms with E-state index >= 15 is 0 Å². The third-order valence-corrected chi connectivity index (χ3v) is 12.9. The Morgan fingerprint density at radius 1 is 1.12 bits per heavy atom. The predicted molar refractivity (Wildman–Crippen MR) is 208 cm³/mol. The number of rotatable bonds is 13. The predicted octanol–water partition coefficient (Wildman–Crippen LogP) is 8.43. The van der Waals surface area contributed by atoms with Gasteiger partial charge in [0.1, 0.15) is 6.73 Å².